The van der Waals surface area contributed by atoms with Crippen LogP contribution in [-0.2, 0) is 12.4 Å². The lowest BCUT2D eigenvalue weighted by Gasteiger charge is -2.03. The molecule has 0 aromatic carbocycles. The fourth-order valence-corrected chi connectivity index (χ4v) is 2.02. The van der Waals surface area contributed by atoms with Gasteiger partial charge in [0.1, 0.15) is 11.3 Å². The summed E-state index contributed by atoms with van der Waals surface area (Å²) in [5.41, 5.74) is 2.54. The van der Waals surface area contributed by atoms with Gasteiger partial charge in [0, 0.05) is 5.69 Å². The summed E-state index contributed by atoms with van der Waals surface area (Å²) in [7, 11) is 0. The van der Waals surface area contributed by atoms with E-state index in [4.69, 9.17) is 16.1 Å². The molecule has 0 N–H and O–H groups in total. The van der Waals surface area contributed by atoms with Crippen molar-refractivity contribution in [2.45, 2.75) is 19.3 Å². The lowest BCUT2D eigenvalue weighted by atomic mass is 10.3. The summed E-state index contributed by atoms with van der Waals surface area (Å²) in [5.74, 6) is 1.63. The molecule has 3 rings (SSSR count). The Morgan fingerprint density at radius 2 is 2.22 bits per heavy atom. The van der Waals surface area contributed by atoms with Crippen molar-refractivity contribution in [3.63, 3.8) is 0 Å². The highest BCUT2D eigenvalue weighted by Crippen LogP contribution is 2.17. The zero-order valence-corrected chi connectivity index (χ0v) is 10.4. The summed E-state index contributed by atoms with van der Waals surface area (Å²) in [5, 5.41) is 3.79. The fraction of sp³-hybridized carbons (Fsp3) is 0.273. The second-order valence-electron chi connectivity index (χ2n) is 3.89. The standard InChI is InChI=1S/C11H10ClN5O/c1-7-2-3-8-11(14-7)17(10(4-12)15-8)5-9-13-6-18-16-9/h2-3,6H,4-5H2,1H3. The minimum absolute atomic E-state index is 0.313. The number of nitrogens with zero attached hydrogens (tertiary/aromatic N) is 5. The number of aryl methyl sites for hydroxylation is 1. The molecule has 0 saturated heterocycles. The normalized spacial score (nSPS) is 11.2. The third-order valence-corrected chi connectivity index (χ3v) is 2.88. The van der Waals surface area contributed by atoms with Gasteiger partial charge in [0.2, 0.25) is 6.39 Å². The molecule has 0 saturated carbocycles. The molecule has 0 spiro atoms. The van der Waals surface area contributed by atoms with Gasteiger partial charge in [-0.2, -0.15) is 4.98 Å². The first kappa shape index (κ1) is 11.2. The summed E-state index contributed by atoms with van der Waals surface area (Å²) in [6, 6.07) is 3.85. The number of pyridine rings is 1. The topological polar surface area (TPSA) is 69.6 Å². The van der Waals surface area contributed by atoms with Crippen LogP contribution in [0.4, 0.5) is 0 Å². The van der Waals surface area contributed by atoms with Crippen LogP contribution in [-0.4, -0.2) is 24.7 Å². The molecular formula is C11H10ClN5O. The summed E-state index contributed by atoms with van der Waals surface area (Å²) in [4.78, 5) is 12.9. The number of imidazole rings is 1. The number of fused-ring (bicyclic) bond motifs is 1. The lowest BCUT2D eigenvalue weighted by Crippen LogP contribution is -2.06. The van der Waals surface area contributed by atoms with E-state index in [1.807, 2.05) is 23.6 Å². The van der Waals surface area contributed by atoms with E-state index in [1.165, 1.54) is 6.39 Å². The molecule has 7 heteroatoms. The SMILES string of the molecule is Cc1ccc2nc(CCl)n(Cc3ncon3)c2n1. The Hall–Kier alpha value is -1.95. The van der Waals surface area contributed by atoms with E-state index >= 15 is 0 Å². The molecule has 0 aliphatic rings. The van der Waals surface area contributed by atoms with Gasteiger partial charge in [0.25, 0.3) is 0 Å². The first-order valence-electron chi connectivity index (χ1n) is 5.42. The number of halogens is 1. The third-order valence-electron chi connectivity index (χ3n) is 2.64. The Kier molecular flexibility index (Phi) is 2.71. The minimum Gasteiger partial charge on any atom is -0.343 e. The molecule has 0 unspecified atom stereocenters. The molecule has 0 fully saturated rings. The molecule has 0 radical (unpaired) electrons. The summed E-state index contributed by atoms with van der Waals surface area (Å²) >= 11 is 5.91. The first-order chi connectivity index (χ1) is 8.78. The van der Waals surface area contributed by atoms with Gasteiger partial charge < -0.3 is 9.09 Å². The Balaban J connectivity index is 2.15. The van der Waals surface area contributed by atoms with Crippen LogP contribution in [0.3, 0.4) is 0 Å². The highest BCUT2D eigenvalue weighted by Gasteiger charge is 2.13. The molecule has 0 atom stereocenters. The highest BCUT2D eigenvalue weighted by atomic mass is 35.5. The van der Waals surface area contributed by atoms with Gasteiger partial charge in [-0.1, -0.05) is 5.16 Å². The third kappa shape index (κ3) is 1.84. The van der Waals surface area contributed by atoms with Crippen molar-refractivity contribution in [2.24, 2.45) is 0 Å². The molecule has 3 heterocycles. The van der Waals surface area contributed by atoms with Gasteiger partial charge in [-0.05, 0) is 19.1 Å². The van der Waals surface area contributed by atoms with Gasteiger partial charge >= 0.3 is 0 Å². The lowest BCUT2D eigenvalue weighted by molar-refractivity contribution is 0.408. The van der Waals surface area contributed by atoms with Crippen molar-refractivity contribution in [2.75, 3.05) is 0 Å². The maximum absolute atomic E-state index is 5.91. The monoisotopic (exact) mass is 263 g/mol. The van der Waals surface area contributed by atoms with Crippen molar-refractivity contribution in [1.29, 1.82) is 0 Å². The average Bonchev–Trinajstić information content (AvgIpc) is 2.98. The molecule has 6 nitrogen and oxygen atoms in total. The maximum Gasteiger partial charge on any atom is 0.213 e. The average molecular weight is 264 g/mol. The van der Waals surface area contributed by atoms with E-state index in [1.54, 1.807) is 0 Å². The van der Waals surface area contributed by atoms with Crippen molar-refractivity contribution in [3.05, 3.63) is 35.9 Å². The molecule has 3 aromatic heterocycles. The summed E-state index contributed by atoms with van der Waals surface area (Å²) < 4.78 is 6.63. The van der Waals surface area contributed by atoms with Crippen molar-refractivity contribution < 1.29 is 4.52 Å². The van der Waals surface area contributed by atoms with E-state index in [2.05, 4.69) is 20.1 Å². The maximum atomic E-state index is 5.91. The van der Waals surface area contributed by atoms with Crippen LogP contribution in [0.15, 0.2) is 23.0 Å². The van der Waals surface area contributed by atoms with Gasteiger partial charge in [0.15, 0.2) is 11.5 Å². The van der Waals surface area contributed by atoms with Gasteiger partial charge in [-0.3, -0.25) is 0 Å². The zero-order valence-electron chi connectivity index (χ0n) is 9.67. The highest BCUT2D eigenvalue weighted by molar-refractivity contribution is 6.16. The van der Waals surface area contributed by atoms with E-state index in [9.17, 15) is 0 Å². The number of hydrogen-bond donors (Lipinski definition) is 0. The predicted molar refractivity (Wildman–Crippen MR) is 65.2 cm³/mol. The van der Waals surface area contributed by atoms with Crippen LogP contribution >= 0.6 is 11.6 Å². The van der Waals surface area contributed by atoms with E-state index < -0.39 is 0 Å². The molecule has 0 aliphatic carbocycles. The van der Waals surface area contributed by atoms with Crippen LogP contribution in [0.1, 0.15) is 17.3 Å². The van der Waals surface area contributed by atoms with Crippen molar-refractivity contribution >= 4 is 22.8 Å². The largest absolute Gasteiger partial charge is 0.343 e. The van der Waals surface area contributed by atoms with Crippen LogP contribution < -0.4 is 0 Å². The number of hydrogen-bond acceptors (Lipinski definition) is 5. The van der Waals surface area contributed by atoms with Crippen molar-refractivity contribution in [3.8, 4) is 0 Å². The van der Waals surface area contributed by atoms with Crippen LogP contribution in [0.25, 0.3) is 11.2 Å². The van der Waals surface area contributed by atoms with Crippen molar-refractivity contribution in [1.82, 2.24) is 24.7 Å². The smallest absolute Gasteiger partial charge is 0.213 e. The molecule has 3 aromatic rings. The quantitative estimate of drug-likeness (QED) is 0.675. The Bertz CT molecular complexity index is 676. The molecule has 18 heavy (non-hydrogen) atoms. The molecular weight excluding hydrogens is 254 g/mol. The van der Waals surface area contributed by atoms with E-state index in [-0.39, 0.29) is 0 Å². The summed E-state index contributed by atoms with van der Waals surface area (Å²) in [6.45, 7) is 2.39. The summed E-state index contributed by atoms with van der Waals surface area (Å²) in [6.07, 6.45) is 1.30. The van der Waals surface area contributed by atoms with Gasteiger partial charge in [-0.25, -0.2) is 9.97 Å². The predicted octanol–water partition coefficient (Wildman–Crippen LogP) is 1.91. The molecule has 0 aliphatic heterocycles. The minimum atomic E-state index is 0.313. The molecule has 0 amide bonds. The number of alkyl halides is 1. The first-order valence-corrected chi connectivity index (χ1v) is 5.95. The zero-order chi connectivity index (χ0) is 12.5. The van der Waals surface area contributed by atoms with Crippen LogP contribution in [0.2, 0.25) is 0 Å². The molecule has 92 valence electrons. The second kappa shape index (κ2) is 4.38. The van der Waals surface area contributed by atoms with Gasteiger partial charge in [-0.15, -0.1) is 11.6 Å². The number of rotatable bonds is 3. The Labute approximate surface area is 108 Å². The van der Waals surface area contributed by atoms with Gasteiger partial charge in [0.05, 0.1) is 12.4 Å². The van der Waals surface area contributed by atoms with Crippen LogP contribution in [0.5, 0.6) is 0 Å². The Morgan fingerprint density at radius 1 is 1.33 bits per heavy atom. The Morgan fingerprint density at radius 3 is 2.94 bits per heavy atom. The fourth-order valence-electron chi connectivity index (χ4n) is 1.81. The van der Waals surface area contributed by atoms with Crippen LogP contribution in [0, 0.1) is 6.92 Å². The number of aromatic nitrogens is 5. The second-order valence-corrected chi connectivity index (χ2v) is 4.16. The van der Waals surface area contributed by atoms with E-state index in [0.717, 1.165) is 22.7 Å². The molecule has 0 bridgehead atoms. The van der Waals surface area contributed by atoms with E-state index in [0.29, 0.717) is 18.2 Å².